The minimum Gasteiger partial charge on any atom is -0.372 e. The van der Waals surface area contributed by atoms with E-state index in [2.05, 4.69) is 31.0 Å². The number of allylic oxidation sites excluding steroid dienone is 1. The Labute approximate surface area is 62.7 Å². The van der Waals surface area contributed by atoms with Crippen LogP contribution in [0.25, 0.3) is 0 Å². The Kier molecular flexibility index (Phi) is 1.11. The average molecular weight is 137 g/mol. The van der Waals surface area contributed by atoms with Gasteiger partial charge in [0, 0.05) is 12.1 Å². The molecule has 2 aliphatic rings. The van der Waals surface area contributed by atoms with Crippen molar-refractivity contribution in [2.24, 2.45) is 5.92 Å². The molecule has 1 nitrogen and oxygen atoms in total. The summed E-state index contributed by atoms with van der Waals surface area (Å²) >= 11 is 0. The van der Waals surface area contributed by atoms with E-state index in [1.807, 2.05) is 0 Å². The van der Waals surface area contributed by atoms with E-state index in [-0.39, 0.29) is 0 Å². The fraction of sp³-hybridized carbons (Fsp3) is 0.778. The quantitative estimate of drug-likeness (QED) is 0.493. The molecule has 2 bridgehead atoms. The lowest BCUT2D eigenvalue weighted by Gasteiger charge is -2.37. The summed E-state index contributed by atoms with van der Waals surface area (Å²) in [7, 11) is 0. The fourth-order valence-electron chi connectivity index (χ4n) is 2.20. The molecule has 1 saturated heterocycles. The van der Waals surface area contributed by atoms with Crippen LogP contribution in [-0.2, 0) is 0 Å². The second-order valence-corrected chi connectivity index (χ2v) is 3.95. The van der Waals surface area contributed by atoms with E-state index < -0.39 is 0 Å². The molecule has 0 amide bonds. The van der Waals surface area contributed by atoms with E-state index in [9.17, 15) is 0 Å². The van der Waals surface area contributed by atoms with E-state index in [0.717, 1.165) is 5.92 Å². The second-order valence-electron chi connectivity index (χ2n) is 3.95. The molecule has 1 unspecified atom stereocenters. The number of hydrogen-bond donors (Lipinski definition) is 0. The van der Waals surface area contributed by atoms with Crippen LogP contribution >= 0.6 is 0 Å². The van der Waals surface area contributed by atoms with Crippen LogP contribution in [0.1, 0.15) is 26.7 Å². The zero-order valence-corrected chi connectivity index (χ0v) is 6.80. The van der Waals surface area contributed by atoms with Gasteiger partial charge in [0.15, 0.2) is 0 Å². The molecule has 56 valence electrons. The highest BCUT2D eigenvalue weighted by Crippen LogP contribution is 2.39. The van der Waals surface area contributed by atoms with Crippen molar-refractivity contribution in [3.8, 4) is 0 Å². The molecule has 1 atom stereocenters. The average Bonchev–Trinajstić information content (AvgIpc) is 2.17. The van der Waals surface area contributed by atoms with Crippen molar-refractivity contribution in [1.29, 1.82) is 0 Å². The number of nitrogens with zero attached hydrogens (tertiary/aromatic N) is 1. The molecule has 0 N–H and O–H groups in total. The molecule has 2 aliphatic heterocycles. The molecule has 0 saturated carbocycles. The van der Waals surface area contributed by atoms with Crippen molar-refractivity contribution in [2.75, 3.05) is 6.54 Å². The Hall–Kier alpha value is -0.460. The summed E-state index contributed by atoms with van der Waals surface area (Å²) in [5, 5.41) is 0. The SMILES string of the molecule is CC1(C)C2CC=CN1CC2. The van der Waals surface area contributed by atoms with Gasteiger partial charge in [-0.1, -0.05) is 6.08 Å². The van der Waals surface area contributed by atoms with Gasteiger partial charge in [0.2, 0.25) is 0 Å². The summed E-state index contributed by atoms with van der Waals surface area (Å²) in [4.78, 5) is 2.47. The standard InChI is InChI=1S/C9H15N/c1-9(2)8-4-3-6-10(9)7-5-8/h3,6,8H,4-5,7H2,1-2H3. The summed E-state index contributed by atoms with van der Waals surface area (Å²) in [6, 6.07) is 0. The zero-order chi connectivity index (χ0) is 7.19. The first-order valence-corrected chi connectivity index (χ1v) is 4.14. The van der Waals surface area contributed by atoms with E-state index >= 15 is 0 Å². The van der Waals surface area contributed by atoms with Crippen molar-refractivity contribution in [1.82, 2.24) is 4.90 Å². The first kappa shape index (κ1) is 6.26. The predicted octanol–water partition coefficient (Wildman–Crippen LogP) is 2.00. The highest BCUT2D eigenvalue weighted by molar-refractivity contribution is 5.07. The largest absolute Gasteiger partial charge is 0.372 e. The van der Waals surface area contributed by atoms with Gasteiger partial charge in [0.05, 0.1) is 0 Å². The molecule has 2 heterocycles. The third kappa shape index (κ3) is 0.635. The maximum Gasteiger partial charge on any atom is 0.0372 e. The molecule has 0 aromatic heterocycles. The zero-order valence-electron chi connectivity index (χ0n) is 6.80. The third-order valence-electron chi connectivity index (χ3n) is 3.16. The Morgan fingerprint density at radius 1 is 1.50 bits per heavy atom. The van der Waals surface area contributed by atoms with Crippen LogP contribution in [0.4, 0.5) is 0 Å². The molecular weight excluding hydrogens is 122 g/mol. The van der Waals surface area contributed by atoms with Crippen LogP contribution in [0.2, 0.25) is 0 Å². The normalized spacial score (nSPS) is 35.0. The smallest absolute Gasteiger partial charge is 0.0372 e. The number of hydrogen-bond acceptors (Lipinski definition) is 1. The van der Waals surface area contributed by atoms with Crippen molar-refractivity contribution in [3.05, 3.63) is 12.3 Å². The Bertz CT molecular complexity index is 170. The maximum atomic E-state index is 2.47. The van der Waals surface area contributed by atoms with Gasteiger partial charge >= 0.3 is 0 Å². The summed E-state index contributed by atoms with van der Waals surface area (Å²) in [5.41, 5.74) is 0.453. The Morgan fingerprint density at radius 2 is 2.30 bits per heavy atom. The van der Waals surface area contributed by atoms with Crippen molar-refractivity contribution < 1.29 is 0 Å². The Balaban J connectivity index is 2.32. The van der Waals surface area contributed by atoms with Gasteiger partial charge in [-0.15, -0.1) is 0 Å². The topological polar surface area (TPSA) is 3.24 Å². The summed E-state index contributed by atoms with van der Waals surface area (Å²) in [6.45, 7) is 5.98. The van der Waals surface area contributed by atoms with Crippen molar-refractivity contribution in [3.63, 3.8) is 0 Å². The Morgan fingerprint density at radius 3 is 2.90 bits per heavy atom. The molecule has 0 aromatic carbocycles. The maximum absolute atomic E-state index is 2.47. The minimum atomic E-state index is 0.453. The van der Waals surface area contributed by atoms with Gasteiger partial charge in [0.1, 0.15) is 0 Å². The lowest BCUT2D eigenvalue weighted by atomic mass is 9.84. The van der Waals surface area contributed by atoms with E-state index in [1.54, 1.807) is 0 Å². The molecule has 10 heavy (non-hydrogen) atoms. The van der Waals surface area contributed by atoms with Crippen LogP contribution in [0.5, 0.6) is 0 Å². The molecular formula is C9H15N. The van der Waals surface area contributed by atoms with Gasteiger partial charge in [-0.25, -0.2) is 0 Å². The lowest BCUT2D eigenvalue weighted by Crippen LogP contribution is -2.40. The van der Waals surface area contributed by atoms with Gasteiger partial charge in [0.25, 0.3) is 0 Å². The van der Waals surface area contributed by atoms with Crippen LogP contribution in [0.3, 0.4) is 0 Å². The van der Waals surface area contributed by atoms with Gasteiger partial charge in [-0.2, -0.15) is 0 Å². The van der Waals surface area contributed by atoms with Gasteiger partial charge in [-0.3, -0.25) is 0 Å². The van der Waals surface area contributed by atoms with Crippen LogP contribution in [-0.4, -0.2) is 17.0 Å². The molecule has 1 heteroatoms. The van der Waals surface area contributed by atoms with Crippen molar-refractivity contribution >= 4 is 0 Å². The third-order valence-corrected chi connectivity index (χ3v) is 3.16. The highest BCUT2D eigenvalue weighted by Gasteiger charge is 2.40. The molecule has 0 aromatic rings. The molecule has 0 radical (unpaired) electrons. The number of fused-ring (bicyclic) bond motifs is 2. The molecule has 2 rings (SSSR count). The molecule has 1 fully saturated rings. The van der Waals surface area contributed by atoms with Crippen LogP contribution in [0, 0.1) is 5.92 Å². The first-order chi connectivity index (χ1) is 4.71. The predicted molar refractivity (Wildman–Crippen MR) is 42.6 cm³/mol. The first-order valence-electron chi connectivity index (χ1n) is 4.14. The second kappa shape index (κ2) is 1.77. The monoisotopic (exact) mass is 137 g/mol. The van der Waals surface area contributed by atoms with Gasteiger partial charge < -0.3 is 4.90 Å². The van der Waals surface area contributed by atoms with E-state index in [0.29, 0.717) is 5.54 Å². The molecule has 0 aliphatic carbocycles. The van der Waals surface area contributed by atoms with Gasteiger partial charge in [-0.05, 0) is 38.8 Å². The molecule has 0 spiro atoms. The van der Waals surface area contributed by atoms with E-state index in [1.165, 1.54) is 19.4 Å². The summed E-state index contributed by atoms with van der Waals surface area (Å²) in [5.74, 6) is 0.914. The highest BCUT2D eigenvalue weighted by atomic mass is 15.2. The lowest BCUT2D eigenvalue weighted by molar-refractivity contribution is 0.183. The summed E-state index contributed by atoms with van der Waals surface area (Å²) < 4.78 is 0. The van der Waals surface area contributed by atoms with Crippen LogP contribution < -0.4 is 0 Å². The summed E-state index contributed by atoms with van der Waals surface area (Å²) in [6.07, 6.45) is 7.26. The number of rotatable bonds is 0. The van der Waals surface area contributed by atoms with Crippen LogP contribution in [0.15, 0.2) is 12.3 Å². The fourth-order valence-corrected chi connectivity index (χ4v) is 2.20. The van der Waals surface area contributed by atoms with Crippen molar-refractivity contribution in [2.45, 2.75) is 32.2 Å². The minimum absolute atomic E-state index is 0.453. The van der Waals surface area contributed by atoms with E-state index in [4.69, 9.17) is 0 Å².